The first kappa shape index (κ1) is 17.0. The zero-order valence-electron chi connectivity index (χ0n) is 13.4. The lowest BCUT2D eigenvalue weighted by molar-refractivity contribution is -0.135. The number of hydrogen-bond donors (Lipinski definition) is 4. The first-order valence-corrected chi connectivity index (χ1v) is 7.26. The molecule has 3 rings (SSSR count). The number of fused-ring (bicyclic) bond motifs is 3. The summed E-state index contributed by atoms with van der Waals surface area (Å²) in [5.74, 6) is -3.73. The van der Waals surface area contributed by atoms with Crippen LogP contribution in [0.2, 0.25) is 0 Å². The number of nitrogens with one attached hydrogen (secondary N) is 1. The fourth-order valence-corrected chi connectivity index (χ4v) is 2.59. The number of carboxylic acids is 1. The average Bonchev–Trinajstić information content (AvgIpc) is 2.97. The van der Waals surface area contributed by atoms with Gasteiger partial charge in [-0.25, -0.2) is 14.2 Å². The van der Waals surface area contributed by atoms with E-state index >= 15 is 0 Å². The highest BCUT2D eigenvalue weighted by Gasteiger charge is 2.24. The van der Waals surface area contributed by atoms with Crippen molar-refractivity contribution in [2.45, 2.75) is 0 Å². The van der Waals surface area contributed by atoms with Gasteiger partial charge < -0.3 is 21.3 Å². The molecule has 0 unspecified atom stereocenters. The molecule has 0 saturated carbocycles. The van der Waals surface area contributed by atoms with Crippen LogP contribution in [0.4, 0.5) is 0 Å². The van der Waals surface area contributed by atoms with Gasteiger partial charge in [-0.15, -0.1) is 0 Å². The summed E-state index contributed by atoms with van der Waals surface area (Å²) in [4.78, 5) is 50.7. The zero-order valence-corrected chi connectivity index (χ0v) is 13.4. The van der Waals surface area contributed by atoms with Crippen molar-refractivity contribution in [2.24, 2.45) is 12.8 Å². The molecule has 3 aromatic rings. The molecule has 0 spiro atoms. The molecular formula is C15H13N5O6. The maximum absolute atomic E-state index is 12.5. The van der Waals surface area contributed by atoms with Gasteiger partial charge in [0.15, 0.2) is 17.0 Å². The Morgan fingerprint density at radius 1 is 1.31 bits per heavy atom. The summed E-state index contributed by atoms with van der Waals surface area (Å²) < 4.78 is 2.25. The molecule has 0 aliphatic carbocycles. The van der Waals surface area contributed by atoms with E-state index in [0.29, 0.717) is 11.0 Å². The first-order valence-electron chi connectivity index (χ1n) is 7.26. The van der Waals surface area contributed by atoms with Crippen molar-refractivity contribution < 1.29 is 24.6 Å². The lowest BCUT2D eigenvalue weighted by atomic mass is 10.2. The summed E-state index contributed by atoms with van der Waals surface area (Å²) in [6.45, 7) is -0.717. The number of nitrogens with zero attached hydrogens (tertiary/aromatic N) is 3. The third kappa shape index (κ3) is 2.51. The quantitative estimate of drug-likeness (QED) is 0.453. The van der Waals surface area contributed by atoms with Crippen LogP contribution in [0.1, 0.15) is 20.7 Å². The number of amides is 2. The number of aryl methyl sites for hydroxylation is 1. The van der Waals surface area contributed by atoms with Crippen molar-refractivity contribution in [1.29, 1.82) is 0 Å². The number of aromatic nitrogens is 3. The Labute approximate surface area is 144 Å². The van der Waals surface area contributed by atoms with Crippen molar-refractivity contribution in [3.05, 3.63) is 39.7 Å². The zero-order chi connectivity index (χ0) is 19.2. The molecule has 0 atom stereocenters. The highest BCUT2D eigenvalue weighted by Crippen LogP contribution is 2.25. The Morgan fingerprint density at radius 2 is 2.00 bits per heavy atom. The van der Waals surface area contributed by atoms with E-state index in [9.17, 15) is 24.3 Å². The fourth-order valence-electron chi connectivity index (χ4n) is 2.59. The Kier molecular flexibility index (Phi) is 3.83. The molecule has 2 heterocycles. The van der Waals surface area contributed by atoms with Crippen molar-refractivity contribution >= 4 is 34.5 Å². The average molecular weight is 359 g/mol. The van der Waals surface area contributed by atoms with Crippen LogP contribution in [0.3, 0.4) is 0 Å². The van der Waals surface area contributed by atoms with Crippen LogP contribution >= 0.6 is 0 Å². The maximum atomic E-state index is 12.5. The third-order valence-electron chi connectivity index (χ3n) is 3.80. The van der Waals surface area contributed by atoms with Crippen molar-refractivity contribution in [3.63, 3.8) is 0 Å². The molecule has 26 heavy (non-hydrogen) atoms. The minimum atomic E-state index is -1.30. The minimum Gasteiger partial charge on any atom is -0.504 e. The van der Waals surface area contributed by atoms with Crippen LogP contribution in [0.25, 0.3) is 16.7 Å². The van der Waals surface area contributed by atoms with Gasteiger partial charge in [0.25, 0.3) is 11.5 Å². The Hall–Kier alpha value is -3.89. The number of primary amides is 1. The van der Waals surface area contributed by atoms with Crippen LogP contribution < -0.4 is 16.6 Å². The molecule has 1 aromatic carbocycles. The molecule has 11 heteroatoms. The molecule has 0 bridgehead atoms. The molecule has 0 aliphatic heterocycles. The number of carbonyl (C=O) groups is 3. The second kappa shape index (κ2) is 5.88. The van der Waals surface area contributed by atoms with Crippen LogP contribution in [0.15, 0.2) is 23.0 Å². The van der Waals surface area contributed by atoms with Gasteiger partial charge in [0.1, 0.15) is 6.54 Å². The SMILES string of the molecule is Cn1c(=O)c(C(=O)NCC(=O)O)c(O)c2nc3ccc(C(N)=O)cc3n21. The molecule has 0 saturated heterocycles. The van der Waals surface area contributed by atoms with Gasteiger partial charge in [-0.2, -0.15) is 0 Å². The second-order valence-electron chi connectivity index (χ2n) is 5.44. The number of carboxylic acid groups (broad SMARTS) is 1. The summed E-state index contributed by atoms with van der Waals surface area (Å²) in [5.41, 5.74) is 4.48. The molecule has 0 aliphatic rings. The molecule has 11 nitrogen and oxygen atoms in total. The standard InChI is InChI=1S/C15H13N5O6/c1-19-15(26)10(14(25)17-5-9(21)22)11(23)13-18-7-3-2-6(12(16)24)4-8(7)20(13)19/h2-4,23H,5H2,1H3,(H2,16,24)(H,17,25)(H,21,22). The van der Waals surface area contributed by atoms with Gasteiger partial charge in [0, 0.05) is 12.6 Å². The van der Waals surface area contributed by atoms with E-state index in [0.717, 1.165) is 4.68 Å². The van der Waals surface area contributed by atoms with Crippen LogP contribution in [-0.2, 0) is 11.8 Å². The minimum absolute atomic E-state index is 0.107. The van der Waals surface area contributed by atoms with Gasteiger partial charge >= 0.3 is 5.97 Å². The summed E-state index contributed by atoms with van der Waals surface area (Å²) >= 11 is 0. The van der Waals surface area contributed by atoms with E-state index in [1.807, 2.05) is 5.32 Å². The largest absolute Gasteiger partial charge is 0.504 e. The lowest BCUT2D eigenvalue weighted by Crippen LogP contribution is -2.36. The van der Waals surface area contributed by atoms with Gasteiger partial charge in [0.2, 0.25) is 5.91 Å². The van der Waals surface area contributed by atoms with Gasteiger partial charge in [-0.1, -0.05) is 0 Å². The molecule has 5 N–H and O–H groups in total. The Balaban J connectivity index is 2.30. The molecule has 2 amide bonds. The van der Waals surface area contributed by atoms with Crippen LogP contribution in [0, 0.1) is 0 Å². The number of nitrogens with two attached hydrogens (primary N) is 1. The lowest BCUT2D eigenvalue weighted by Gasteiger charge is -2.10. The number of benzene rings is 1. The first-order chi connectivity index (χ1) is 12.2. The maximum Gasteiger partial charge on any atom is 0.322 e. The van der Waals surface area contributed by atoms with E-state index in [2.05, 4.69) is 4.98 Å². The third-order valence-corrected chi connectivity index (χ3v) is 3.80. The van der Waals surface area contributed by atoms with Crippen molar-refractivity contribution in [3.8, 4) is 5.75 Å². The van der Waals surface area contributed by atoms with Crippen molar-refractivity contribution in [2.75, 3.05) is 6.54 Å². The molecule has 134 valence electrons. The fraction of sp³-hybridized carbons (Fsp3) is 0.133. The highest BCUT2D eigenvalue weighted by molar-refractivity contribution is 6.01. The number of imidazole rings is 1. The number of aliphatic carboxylic acids is 1. The van der Waals surface area contributed by atoms with Crippen molar-refractivity contribution in [1.82, 2.24) is 19.5 Å². The van der Waals surface area contributed by atoms with Gasteiger partial charge in [-0.05, 0) is 18.2 Å². The number of carbonyl (C=O) groups excluding carboxylic acids is 2. The monoisotopic (exact) mass is 359 g/mol. The summed E-state index contributed by atoms with van der Waals surface area (Å²) in [6.07, 6.45) is 0. The number of hydrogen-bond acceptors (Lipinski definition) is 6. The topological polar surface area (TPSA) is 169 Å². The van der Waals surface area contributed by atoms with E-state index in [4.69, 9.17) is 10.8 Å². The van der Waals surface area contributed by atoms with E-state index in [1.165, 1.54) is 29.8 Å². The van der Waals surface area contributed by atoms with Gasteiger partial charge in [-0.3, -0.25) is 19.2 Å². The van der Waals surface area contributed by atoms with Gasteiger partial charge in [0.05, 0.1) is 11.0 Å². The normalized spacial score (nSPS) is 11.0. The highest BCUT2D eigenvalue weighted by atomic mass is 16.4. The smallest absolute Gasteiger partial charge is 0.322 e. The Morgan fingerprint density at radius 3 is 2.62 bits per heavy atom. The molecular weight excluding hydrogens is 346 g/mol. The summed E-state index contributed by atoms with van der Waals surface area (Å²) in [5, 5.41) is 21.0. The molecule has 2 aromatic heterocycles. The van der Waals surface area contributed by atoms with E-state index in [-0.39, 0.29) is 11.2 Å². The van der Waals surface area contributed by atoms with E-state index in [1.54, 1.807) is 0 Å². The van der Waals surface area contributed by atoms with Crippen LogP contribution in [-0.4, -0.2) is 48.7 Å². The second-order valence-corrected chi connectivity index (χ2v) is 5.44. The molecule has 0 radical (unpaired) electrons. The number of rotatable bonds is 4. The van der Waals surface area contributed by atoms with E-state index < -0.39 is 41.2 Å². The summed E-state index contributed by atoms with van der Waals surface area (Å²) in [6, 6.07) is 4.32. The Bertz CT molecular complexity index is 1160. The number of aromatic hydroxyl groups is 1. The predicted octanol–water partition coefficient (Wildman–Crippen LogP) is -1.19. The molecule has 0 fully saturated rings. The summed E-state index contributed by atoms with van der Waals surface area (Å²) in [7, 11) is 1.33. The predicted molar refractivity (Wildman–Crippen MR) is 88.1 cm³/mol. The van der Waals surface area contributed by atoms with Crippen LogP contribution in [0.5, 0.6) is 5.75 Å².